The summed E-state index contributed by atoms with van der Waals surface area (Å²) >= 11 is 1.55. The molecule has 1 aliphatic heterocycles. The predicted molar refractivity (Wildman–Crippen MR) is 39.5 cm³/mol. The third-order valence-corrected chi connectivity index (χ3v) is 1.99. The summed E-state index contributed by atoms with van der Waals surface area (Å²) in [5.74, 6) is 0.752. The molecule has 52 valence electrons. The molecule has 1 aromatic rings. The number of ether oxygens (including phenoxy) is 1. The van der Waals surface area contributed by atoms with Crippen LogP contribution in [0.2, 0.25) is 0 Å². The Morgan fingerprint density at radius 3 is 3.20 bits per heavy atom. The average molecular weight is 154 g/mol. The van der Waals surface area contributed by atoms with Crippen molar-refractivity contribution in [2.75, 3.05) is 13.2 Å². The highest BCUT2D eigenvalue weighted by Gasteiger charge is 2.10. The van der Waals surface area contributed by atoms with Gasteiger partial charge in [-0.3, -0.25) is 4.98 Å². The Morgan fingerprint density at radius 2 is 2.60 bits per heavy atom. The van der Waals surface area contributed by atoms with Crippen molar-refractivity contribution >= 4 is 17.2 Å². The molecule has 0 spiro atoms. The molecule has 2 heterocycles. The Labute approximate surface area is 62.4 Å². The van der Waals surface area contributed by atoms with Crippen molar-refractivity contribution in [2.24, 2.45) is 4.99 Å². The summed E-state index contributed by atoms with van der Waals surface area (Å²) in [4.78, 5) is 9.09. The standard InChI is InChI=1S/C6H6N2OS/c1-2-9-6(8-1)5-3-7-4-10-5/h3-4H,1-2H2. The molecule has 0 radical (unpaired) electrons. The zero-order valence-corrected chi connectivity index (χ0v) is 6.10. The topological polar surface area (TPSA) is 34.5 Å². The first kappa shape index (κ1) is 5.85. The van der Waals surface area contributed by atoms with Crippen molar-refractivity contribution in [1.29, 1.82) is 0 Å². The van der Waals surface area contributed by atoms with Gasteiger partial charge in [0.1, 0.15) is 11.5 Å². The number of aliphatic imine (C=N–C) groups is 1. The summed E-state index contributed by atoms with van der Waals surface area (Å²) in [7, 11) is 0. The highest BCUT2D eigenvalue weighted by Crippen LogP contribution is 2.10. The first-order valence-corrected chi connectivity index (χ1v) is 3.91. The maximum atomic E-state index is 5.22. The average Bonchev–Trinajstić information content (AvgIpc) is 2.59. The predicted octanol–water partition coefficient (Wildman–Crippen LogP) is 0.920. The fourth-order valence-electron chi connectivity index (χ4n) is 0.806. The van der Waals surface area contributed by atoms with Crippen LogP contribution in [0.15, 0.2) is 16.7 Å². The zero-order valence-electron chi connectivity index (χ0n) is 5.28. The van der Waals surface area contributed by atoms with E-state index in [0.717, 1.165) is 17.3 Å². The molecule has 0 saturated carbocycles. The number of rotatable bonds is 1. The molecule has 3 nitrogen and oxygen atoms in total. The Hall–Kier alpha value is -0.900. The highest BCUT2D eigenvalue weighted by atomic mass is 32.1. The van der Waals surface area contributed by atoms with Gasteiger partial charge >= 0.3 is 0 Å². The van der Waals surface area contributed by atoms with Gasteiger partial charge in [-0.15, -0.1) is 11.3 Å². The molecule has 0 unspecified atom stereocenters. The lowest BCUT2D eigenvalue weighted by Gasteiger charge is -1.93. The van der Waals surface area contributed by atoms with Gasteiger partial charge in [-0.1, -0.05) is 0 Å². The Morgan fingerprint density at radius 1 is 1.60 bits per heavy atom. The van der Waals surface area contributed by atoms with Crippen LogP contribution in [-0.4, -0.2) is 24.0 Å². The Kier molecular flexibility index (Phi) is 1.39. The smallest absolute Gasteiger partial charge is 0.228 e. The molecule has 0 N–H and O–H groups in total. The molecule has 0 atom stereocenters. The van der Waals surface area contributed by atoms with E-state index in [4.69, 9.17) is 4.74 Å². The van der Waals surface area contributed by atoms with E-state index >= 15 is 0 Å². The van der Waals surface area contributed by atoms with E-state index in [1.165, 1.54) is 0 Å². The molecular weight excluding hydrogens is 148 g/mol. The normalized spacial score (nSPS) is 16.6. The van der Waals surface area contributed by atoms with E-state index < -0.39 is 0 Å². The summed E-state index contributed by atoms with van der Waals surface area (Å²) in [5, 5.41) is 0. The lowest BCUT2D eigenvalue weighted by molar-refractivity contribution is 0.349. The fraction of sp³-hybridized carbons (Fsp3) is 0.333. The van der Waals surface area contributed by atoms with E-state index in [-0.39, 0.29) is 0 Å². The van der Waals surface area contributed by atoms with Gasteiger partial charge in [0.15, 0.2) is 0 Å². The minimum absolute atomic E-state index is 0.716. The van der Waals surface area contributed by atoms with Crippen molar-refractivity contribution in [3.05, 3.63) is 16.6 Å². The molecule has 0 aromatic carbocycles. The number of aromatic nitrogens is 1. The first-order chi connectivity index (χ1) is 4.97. The van der Waals surface area contributed by atoms with Gasteiger partial charge in [-0.2, -0.15) is 0 Å². The van der Waals surface area contributed by atoms with Crippen LogP contribution in [0, 0.1) is 0 Å². The third-order valence-electron chi connectivity index (χ3n) is 1.23. The van der Waals surface area contributed by atoms with Crippen LogP contribution >= 0.6 is 11.3 Å². The van der Waals surface area contributed by atoms with Crippen LogP contribution in [0.5, 0.6) is 0 Å². The zero-order chi connectivity index (χ0) is 6.81. The molecule has 0 bridgehead atoms. The van der Waals surface area contributed by atoms with E-state index in [0.29, 0.717) is 6.61 Å². The molecule has 0 saturated heterocycles. The summed E-state index contributed by atoms with van der Waals surface area (Å²) in [6, 6.07) is 0. The second-order valence-corrected chi connectivity index (χ2v) is 2.79. The number of hydrogen-bond acceptors (Lipinski definition) is 4. The van der Waals surface area contributed by atoms with Gasteiger partial charge in [-0.05, 0) is 0 Å². The number of hydrogen-bond donors (Lipinski definition) is 0. The van der Waals surface area contributed by atoms with E-state index in [9.17, 15) is 0 Å². The maximum absolute atomic E-state index is 5.22. The van der Waals surface area contributed by atoms with Gasteiger partial charge in [0.2, 0.25) is 5.90 Å². The molecular formula is C6H6N2OS. The van der Waals surface area contributed by atoms with E-state index in [1.807, 2.05) is 0 Å². The monoisotopic (exact) mass is 154 g/mol. The molecule has 2 rings (SSSR count). The fourth-order valence-corrected chi connectivity index (χ4v) is 1.39. The van der Waals surface area contributed by atoms with Crippen LogP contribution in [0.3, 0.4) is 0 Å². The Balaban J connectivity index is 2.28. The molecule has 10 heavy (non-hydrogen) atoms. The molecule has 0 amide bonds. The van der Waals surface area contributed by atoms with Gasteiger partial charge in [0.25, 0.3) is 0 Å². The van der Waals surface area contributed by atoms with Crippen LogP contribution in [-0.2, 0) is 4.74 Å². The second-order valence-electron chi connectivity index (χ2n) is 1.90. The number of nitrogens with zero attached hydrogens (tertiary/aromatic N) is 2. The summed E-state index contributed by atoms with van der Waals surface area (Å²) in [5.41, 5.74) is 1.78. The van der Waals surface area contributed by atoms with Gasteiger partial charge in [0.05, 0.1) is 18.3 Å². The largest absolute Gasteiger partial charge is 0.475 e. The van der Waals surface area contributed by atoms with Crippen molar-refractivity contribution in [3.8, 4) is 0 Å². The highest BCUT2D eigenvalue weighted by molar-refractivity contribution is 7.11. The Bertz CT molecular complexity index is 242. The minimum Gasteiger partial charge on any atom is -0.475 e. The van der Waals surface area contributed by atoms with Crippen LogP contribution < -0.4 is 0 Å². The molecule has 1 aromatic heterocycles. The minimum atomic E-state index is 0.716. The van der Waals surface area contributed by atoms with Crippen LogP contribution in [0.25, 0.3) is 0 Å². The third kappa shape index (κ3) is 0.903. The summed E-state index contributed by atoms with van der Waals surface area (Å²) in [6.45, 7) is 1.50. The maximum Gasteiger partial charge on any atom is 0.228 e. The van der Waals surface area contributed by atoms with Crippen molar-refractivity contribution < 1.29 is 4.74 Å². The van der Waals surface area contributed by atoms with Gasteiger partial charge in [-0.25, -0.2) is 4.99 Å². The lowest BCUT2D eigenvalue weighted by Crippen LogP contribution is -1.97. The van der Waals surface area contributed by atoms with Crippen LogP contribution in [0.4, 0.5) is 0 Å². The van der Waals surface area contributed by atoms with E-state index in [1.54, 1.807) is 23.0 Å². The van der Waals surface area contributed by atoms with Gasteiger partial charge < -0.3 is 4.74 Å². The van der Waals surface area contributed by atoms with Crippen molar-refractivity contribution in [3.63, 3.8) is 0 Å². The molecule has 0 fully saturated rings. The molecule has 0 aliphatic carbocycles. The van der Waals surface area contributed by atoms with Gasteiger partial charge in [0, 0.05) is 0 Å². The second kappa shape index (κ2) is 2.38. The van der Waals surface area contributed by atoms with Crippen LogP contribution in [0.1, 0.15) is 4.88 Å². The summed E-state index contributed by atoms with van der Waals surface area (Å²) < 4.78 is 5.22. The SMILES string of the molecule is c1ncc(C2=NCCO2)s1. The van der Waals surface area contributed by atoms with Crippen molar-refractivity contribution in [2.45, 2.75) is 0 Å². The quantitative estimate of drug-likeness (QED) is 0.602. The van der Waals surface area contributed by atoms with Crippen molar-refractivity contribution in [1.82, 2.24) is 4.98 Å². The molecule has 4 heteroatoms. The lowest BCUT2D eigenvalue weighted by atomic mass is 10.5. The number of thiazole rings is 1. The summed E-state index contributed by atoms with van der Waals surface area (Å²) in [6.07, 6.45) is 1.77. The van der Waals surface area contributed by atoms with E-state index in [2.05, 4.69) is 9.98 Å². The molecule has 1 aliphatic rings. The first-order valence-electron chi connectivity index (χ1n) is 3.03.